The van der Waals surface area contributed by atoms with Crippen LogP contribution in [0.25, 0.3) is 0 Å². The van der Waals surface area contributed by atoms with Crippen molar-refractivity contribution in [1.29, 1.82) is 0 Å². The number of carbonyl (C=O) groups is 1. The van der Waals surface area contributed by atoms with Gasteiger partial charge in [-0.05, 0) is 18.9 Å². The number of likely N-dealkylation sites (tertiary alicyclic amines) is 1. The van der Waals surface area contributed by atoms with Crippen LogP contribution in [0.3, 0.4) is 0 Å². The highest BCUT2D eigenvalue weighted by Gasteiger charge is 2.35. The summed E-state index contributed by atoms with van der Waals surface area (Å²) in [6.45, 7) is 3.72. The lowest BCUT2D eigenvalue weighted by molar-refractivity contribution is -0.140. The number of hydrogen-bond acceptors (Lipinski definition) is 4. The first kappa shape index (κ1) is 16.4. The zero-order valence-corrected chi connectivity index (χ0v) is 13.3. The summed E-state index contributed by atoms with van der Waals surface area (Å²) in [5, 5.41) is 0. The Kier molecular flexibility index (Phi) is 5.25. The Hall–Kier alpha value is -1.50. The van der Waals surface area contributed by atoms with Gasteiger partial charge in [-0.2, -0.15) is 0 Å². The quantitative estimate of drug-likeness (QED) is 0.907. The van der Waals surface area contributed by atoms with Crippen molar-refractivity contribution >= 4 is 5.91 Å². The van der Waals surface area contributed by atoms with Crippen molar-refractivity contribution in [3.63, 3.8) is 0 Å². The van der Waals surface area contributed by atoms with Gasteiger partial charge in [0, 0.05) is 37.8 Å². The number of amides is 1. The second-order valence-corrected chi connectivity index (χ2v) is 6.24. The minimum atomic E-state index is -0.575. The van der Waals surface area contributed by atoms with E-state index in [2.05, 4.69) is 0 Å². The summed E-state index contributed by atoms with van der Waals surface area (Å²) < 4.78 is 19.7. The first-order valence-electron chi connectivity index (χ1n) is 8.27. The van der Waals surface area contributed by atoms with Gasteiger partial charge in [0.05, 0.1) is 13.2 Å². The van der Waals surface area contributed by atoms with E-state index >= 15 is 0 Å². The van der Waals surface area contributed by atoms with Crippen LogP contribution in [0.4, 0.5) is 4.39 Å². The second-order valence-electron chi connectivity index (χ2n) is 6.24. The number of carbonyl (C=O) groups excluding carboxylic acids is 1. The topological polar surface area (TPSA) is 58.8 Å². The fraction of sp³-hybridized carbons (Fsp3) is 0.588. The summed E-state index contributed by atoms with van der Waals surface area (Å²) >= 11 is 0. The van der Waals surface area contributed by atoms with Crippen molar-refractivity contribution in [2.45, 2.75) is 24.9 Å². The third-order valence-corrected chi connectivity index (χ3v) is 4.70. The molecule has 2 aliphatic heterocycles. The summed E-state index contributed by atoms with van der Waals surface area (Å²) in [4.78, 5) is 16.9. The van der Waals surface area contributed by atoms with E-state index < -0.39 is 6.04 Å². The molecule has 1 aromatic rings. The van der Waals surface area contributed by atoms with E-state index in [1.165, 1.54) is 6.07 Å². The molecule has 2 fully saturated rings. The van der Waals surface area contributed by atoms with Gasteiger partial charge in [-0.25, -0.2) is 4.39 Å². The molecule has 0 aliphatic carbocycles. The molecule has 23 heavy (non-hydrogen) atoms. The Labute approximate surface area is 136 Å². The van der Waals surface area contributed by atoms with Gasteiger partial charge >= 0.3 is 0 Å². The van der Waals surface area contributed by atoms with E-state index in [1.54, 1.807) is 18.2 Å². The average Bonchev–Trinajstić information content (AvgIpc) is 2.58. The van der Waals surface area contributed by atoms with Crippen LogP contribution in [0, 0.1) is 5.82 Å². The lowest BCUT2D eigenvalue weighted by Crippen LogP contribution is -2.50. The molecule has 0 bridgehead atoms. The van der Waals surface area contributed by atoms with Crippen molar-refractivity contribution in [2.75, 3.05) is 39.4 Å². The van der Waals surface area contributed by atoms with Crippen LogP contribution in [0.5, 0.6) is 0 Å². The minimum absolute atomic E-state index is 0.0242. The molecule has 1 amide bonds. The predicted molar refractivity (Wildman–Crippen MR) is 85.3 cm³/mol. The number of piperidine rings is 1. The fourth-order valence-corrected chi connectivity index (χ4v) is 3.31. The van der Waals surface area contributed by atoms with E-state index in [0.29, 0.717) is 45.0 Å². The van der Waals surface area contributed by atoms with E-state index in [0.717, 1.165) is 12.8 Å². The summed E-state index contributed by atoms with van der Waals surface area (Å²) in [5.74, 6) is -0.352. The molecule has 126 valence electrons. The molecule has 2 N–H and O–H groups in total. The number of morpholine rings is 1. The standard InChI is InChI=1S/C17H24FN3O2/c18-15-4-2-1-3-14(15)16(20-9-11-23-12-10-20)17(22)21-7-5-13(19)6-8-21/h1-4,13,16H,5-12,19H2/t16-/m0/s1. The normalized spacial score (nSPS) is 22.1. The third-order valence-electron chi connectivity index (χ3n) is 4.70. The van der Waals surface area contributed by atoms with Crippen LogP contribution in [-0.4, -0.2) is 61.1 Å². The van der Waals surface area contributed by atoms with E-state index in [9.17, 15) is 9.18 Å². The maximum Gasteiger partial charge on any atom is 0.244 e. The van der Waals surface area contributed by atoms with Crippen molar-refractivity contribution < 1.29 is 13.9 Å². The number of hydrogen-bond donors (Lipinski definition) is 1. The summed E-state index contributed by atoms with van der Waals surface area (Å²) in [5.41, 5.74) is 6.38. The molecule has 2 saturated heterocycles. The summed E-state index contributed by atoms with van der Waals surface area (Å²) in [7, 11) is 0. The lowest BCUT2D eigenvalue weighted by Gasteiger charge is -2.38. The Morgan fingerprint density at radius 1 is 1.17 bits per heavy atom. The number of benzene rings is 1. The van der Waals surface area contributed by atoms with Gasteiger partial charge in [0.25, 0.3) is 0 Å². The first-order valence-corrected chi connectivity index (χ1v) is 8.27. The summed E-state index contributed by atoms with van der Waals surface area (Å²) in [6.07, 6.45) is 1.61. The molecule has 5 nitrogen and oxygen atoms in total. The highest BCUT2D eigenvalue weighted by molar-refractivity contribution is 5.83. The van der Waals surface area contributed by atoms with Gasteiger partial charge in [0.2, 0.25) is 5.91 Å². The third kappa shape index (κ3) is 3.71. The summed E-state index contributed by atoms with van der Waals surface area (Å²) in [6, 6.07) is 6.15. The lowest BCUT2D eigenvalue weighted by atomic mass is 10.00. The smallest absolute Gasteiger partial charge is 0.244 e. The Bertz CT molecular complexity index is 540. The van der Waals surface area contributed by atoms with Crippen molar-refractivity contribution in [2.24, 2.45) is 5.73 Å². The van der Waals surface area contributed by atoms with Crippen molar-refractivity contribution in [3.05, 3.63) is 35.6 Å². The molecule has 6 heteroatoms. The van der Waals surface area contributed by atoms with E-state index in [1.807, 2.05) is 9.80 Å². The van der Waals surface area contributed by atoms with Gasteiger partial charge < -0.3 is 15.4 Å². The number of rotatable bonds is 3. The number of nitrogens with zero attached hydrogens (tertiary/aromatic N) is 2. The number of nitrogens with two attached hydrogens (primary N) is 1. The molecule has 0 aromatic heterocycles. The molecular formula is C17H24FN3O2. The Morgan fingerprint density at radius 2 is 1.83 bits per heavy atom. The first-order chi connectivity index (χ1) is 11.2. The molecule has 0 saturated carbocycles. The highest BCUT2D eigenvalue weighted by atomic mass is 19.1. The van der Waals surface area contributed by atoms with Gasteiger partial charge in [-0.15, -0.1) is 0 Å². The van der Waals surface area contributed by atoms with Gasteiger partial charge in [-0.3, -0.25) is 9.69 Å². The van der Waals surface area contributed by atoms with Crippen LogP contribution in [0.1, 0.15) is 24.4 Å². The molecule has 0 unspecified atom stereocenters. The fourth-order valence-electron chi connectivity index (χ4n) is 3.31. The zero-order chi connectivity index (χ0) is 16.2. The minimum Gasteiger partial charge on any atom is -0.379 e. The van der Waals surface area contributed by atoms with Crippen LogP contribution < -0.4 is 5.73 Å². The molecule has 3 rings (SSSR count). The van der Waals surface area contributed by atoms with E-state index in [4.69, 9.17) is 10.5 Å². The SMILES string of the molecule is NC1CCN(C(=O)[C@H](c2ccccc2F)N2CCOCC2)CC1. The number of halogens is 1. The van der Waals surface area contributed by atoms with E-state index in [-0.39, 0.29) is 17.8 Å². The van der Waals surface area contributed by atoms with Crippen molar-refractivity contribution in [3.8, 4) is 0 Å². The maximum atomic E-state index is 14.3. The van der Waals surface area contributed by atoms with Crippen molar-refractivity contribution in [1.82, 2.24) is 9.80 Å². The van der Waals surface area contributed by atoms with Crippen LogP contribution in [0.15, 0.2) is 24.3 Å². The van der Waals surface area contributed by atoms with Crippen LogP contribution >= 0.6 is 0 Å². The molecule has 2 aliphatic rings. The average molecular weight is 321 g/mol. The zero-order valence-electron chi connectivity index (χ0n) is 13.3. The highest BCUT2D eigenvalue weighted by Crippen LogP contribution is 2.27. The van der Waals surface area contributed by atoms with Crippen LogP contribution in [0.2, 0.25) is 0 Å². The largest absolute Gasteiger partial charge is 0.379 e. The second kappa shape index (κ2) is 7.38. The van der Waals surface area contributed by atoms with Gasteiger partial charge in [0.1, 0.15) is 11.9 Å². The monoisotopic (exact) mass is 321 g/mol. The molecular weight excluding hydrogens is 297 g/mol. The van der Waals surface area contributed by atoms with Gasteiger partial charge in [0.15, 0.2) is 0 Å². The Morgan fingerprint density at radius 3 is 2.48 bits per heavy atom. The maximum absolute atomic E-state index is 14.3. The molecule has 2 heterocycles. The molecule has 1 atom stereocenters. The van der Waals surface area contributed by atoms with Gasteiger partial charge in [-0.1, -0.05) is 18.2 Å². The molecule has 1 aromatic carbocycles. The van der Waals surface area contributed by atoms with Crippen LogP contribution in [-0.2, 0) is 9.53 Å². The molecule has 0 radical (unpaired) electrons. The molecule has 0 spiro atoms. The predicted octanol–water partition coefficient (Wildman–Crippen LogP) is 1.15. The number of ether oxygens (including phenoxy) is 1. The Balaban J connectivity index is 1.85.